The van der Waals surface area contributed by atoms with Crippen LogP contribution in [0.3, 0.4) is 0 Å². The molecule has 187 valence electrons. The number of fused-ring (bicyclic) bond motifs is 10. The van der Waals surface area contributed by atoms with Gasteiger partial charge in [-0.3, -0.25) is 0 Å². The molecule has 0 unspecified atom stereocenters. The fraction of sp³-hybridized carbons (Fsp3) is 0.0541. The van der Waals surface area contributed by atoms with Gasteiger partial charge in [-0.25, -0.2) is 0 Å². The molecular weight excluding hydrogens is 651 g/mol. The van der Waals surface area contributed by atoms with Crippen molar-refractivity contribution in [3.8, 4) is 22.4 Å². The van der Waals surface area contributed by atoms with Gasteiger partial charge in [-0.15, -0.1) is 34.9 Å². The second-order valence-electron chi connectivity index (χ2n) is 10.2. The summed E-state index contributed by atoms with van der Waals surface area (Å²) in [6, 6.07) is 52.1. The molecule has 1 aromatic heterocycles. The Morgan fingerprint density at radius 1 is 0.538 bits per heavy atom. The maximum absolute atomic E-state index is 4.93. The Morgan fingerprint density at radius 2 is 1.08 bits per heavy atom. The van der Waals surface area contributed by atoms with E-state index in [4.69, 9.17) is 4.98 Å². The number of hydrogen-bond acceptors (Lipinski definition) is 1. The van der Waals surface area contributed by atoms with Gasteiger partial charge in [0.25, 0.3) is 0 Å². The van der Waals surface area contributed by atoms with E-state index in [0.29, 0.717) is 0 Å². The monoisotopic (exact) mass is 675 g/mol. The zero-order valence-electron chi connectivity index (χ0n) is 21.1. The summed E-state index contributed by atoms with van der Waals surface area (Å²) in [6.07, 6.45) is 1.91. The van der Waals surface area contributed by atoms with Crippen LogP contribution in [0.5, 0.6) is 0 Å². The van der Waals surface area contributed by atoms with Crippen LogP contribution in [-0.4, -0.2) is 4.98 Å². The Balaban J connectivity index is 0.00000253. The van der Waals surface area contributed by atoms with Crippen LogP contribution in [0.4, 0.5) is 0 Å². The topological polar surface area (TPSA) is 12.9 Å². The van der Waals surface area contributed by atoms with Crippen LogP contribution < -0.4 is 0 Å². The second kappa shape index (κ2) is 9.27. The Kier molecular flexibility index (Phi) is 5.70. The molecule has 0 bridgehead atoms. The number of nitrogens with zero attached hydrogens (tertiary/aromatic N) is 1. The Hall–Kier alpha value is -4.10. The molecule has 5 aromatic carbocycles. The Bertz CT molecular complexity index is 1720. The Morgan fingerprint density at radius 3 is 1.69 bits per heavy atom. The first-order chi connectivity index (χ1) is 18.9. The normalized spacial score (nSPS) is 13.4. The first-order valence-electron chi connectivity index (χ1n) is 13.2. The van der Waals surface area contributed by atoms with E-state index in [2.05, 4.69) is 140 Å². The van der Waals surface area contributed by atoms with Crippen LogP contribution >= 0.6 is 0 Å². The molecule has 6 aromatic rings. The van der Waals surface area contributed by atoms with Gasteiger partial charge in [0.1, 0.15) is 0 Å². The van der Waals surface area contributed by atoms with E-state index in [-0.39, 0.29) is 26.0 Å². The first kappa shape index (κ1) is 24.0. The van der Waals surface area contributed by atoms with Gasteiger partial charge in [0, 0.05) is 37.6 Å². The van der Waals surface area contributed by atoms with E-state index in [0.717, 1.165) is 11.3 Å². The van der Waals surface area contributed by atoms with E-state index >= 15 is 0 Å². The molecule has 2 aliphatic carbocycles. The van der Waals surface area contributed by atoms with E-state index < -0.39 is 5.41 Å². The van der Waals surface area contributed by atoms with Crippen molar-refractivity contribution in [2.75, 3.05) is 0 Å². The van der Waals surface area contributed by atoms with Gasteiger partial charge in [0.05, 0.1) is 0 Å². The van der Waals surface area contributed by atoms with Gasteiger partial charge in [-0.05, 0) is 45.1 Å². The quantitative estimate of drug-likeness (QED) is 0.136. The van der Waals surface area contributed by atoms with Crippen molar-refractivity contribution in [2.24, 2.45) is 0 Å². The van der Waals surface area contributed by atoms with Gasteiger partial charge in [0.2, 0.25) is 0 Å². The van der Waals surface area contributed by atoms with E-state index in [9.17, 15) is 0 Å². The minimum Gasteiger partial charge on any atom is -0.304 e. The van der Waals surface area contributed by atoms with Crippen molar-refractivity contribution in [1.29, 1.82) is 0 Å². The van der Waals surface area contributed by atoms with Crippen molar-refractivity contribution in [3.05, 3.63) is 185 Å². The largest absolute Gasteiger partial charge is 0.304 e. The summed E-state index contributed by atoms with van der Waals surface area (Å²) in [6.45, 7) is 0. The molecule has 0 N–H and O–H groups in total. The summed E-state index contributed by atoms with van der Waals surface area (Å²) in [5.41, 5.74) is 13.3. The summed E-state index contributed by atoms with van der Waals surface area (Å²) in [5.74, 6) is 0.111. The molecule has 0 fully saturated rings. The van der Waals surface area contributed by atoms with Crippen LogP contribution in [0, 0.1) is 6.07 Å². The SMILES string of the molecule is [Ir].[c-]1cc(C(c2ccccc2)c2ccccc2)cc2c1-c1ncccc1C21c2ccccc2-c2ccccc21. The summed E-state index contributed by atoms with van der Waals surface area (Å²) >= 11 is 0. The van der Waals surface area contributed by atoms with Crippen LogP contribution in [-0.2, 0) is 25.5 Å². The number of pyridine rings is 1. The minimum atomic E-state index is -0.406. The number of hydrogen-bond donors (Lipinski definition) is 0. The maximum atomic E-state index is 4.93. The summed E-state index contributed by atoms with van der Waals surface area (Å²) < 4.78 is 0. The third-order valence-electron chi connectivity index (χ3n) is 8.37. The third kappa shape index (κ3) is 3.32. The number of benzene rings is 5. The molecule has 1 radical (unpaired) electrons. The first-order valence-corrected chi connectivity index (χ1v) is 13.2. The zero-order chi connectivity index (χ0) is 25.1. The summed E-state index contributed by atoms with van der Waals surface area (Å²) in [4.78, 5) is 4.93. The molecule has 2 aliphatic rings. The van der Waals surface area contributed by atoms with Crippen LogP contribution in [0.25, 0.3) is 22.4 Å². The predicted molar refractivity (Wildman–Crippen MR) is 153 cm³/mol. The molecular formula is C37H24IrN-. The molecule has 0 amide bonds. The average molecular weight is 675 g/mol. The van der Waals surface area contributed by atoms with Crippen molar-refractivity contribution >= 4 is 0 Å². The molecule has 39 heavy (non-hydrogen) atoms. The molecule has 1 spiro atoms. The average Bonchev–Trinajstić information content (AvgIpc) is 3.46. The smallest absolute Gasteiger partial charge is 0.0314 e. The molecule has 1 nitrogen and oxygen atoms in total. The molecule has 8 rings (SSSR count). The number of aromatic nitrogens is 1. The van der Waals surface area contributed by atoms with Gasteiger partial charge in [-0.1, -0.05) is 121 Å². The van der Waals surface area contributed by atoms with Crippen molar-refractivity contribution < 1.29 is 20.1 Å². The summed E-state index contributed by atoms with van der Waals surface area (Å²) in [5, 5.41) is 0. The van der Waals surface area contributed by atoms with Gasteiger partial charge in [0.15, 0.2) is 0 Å². The zero-order valence-corrected chi connectivity index (χ0v) is 23.5. The van der Waals surface area contributed by atoms with Gasteiger partial charge < -0.3 is 4.98 Å². The van der Waals surface area contributed by atoms with Gasteiger partial charge >= 0.3 is 0 Å². The van der Waals surface area contributed by atoms with Crippen molar-refractivity contribution in [3.63, 3.8) is 0 Å². The molecule has 0 atom stereocenters. The van der Waals surface area contributed by atoms with E-state index in [1.165, 1.54) is 50.1 Å². The standard InChI is InChI=1S/C37H24N.Ir/c1-3-12-25(13-4-1)35(26-14-5-2-6-15-26)27-21-22-30-34(24-27)37(33-20-11-23-38-36(30)33)31-18-9-7-16-28(31)29-17-8-10-19-32(29)37;/h1-21,23-24,35H;/q-1;. The van der Waals surface area contributed by atoms with Crippen LogP contribution in [0.15, 0.2) is 140 Å². The predicted octanol–water partition coefficient (Wildman–Crippen LogP) is 8.40. The fourth-order valence-corrected chi connectivity index (χ4v) is 6.91. The minimum absolute atomic E-state index is 0. The maximum Gasteiger partial charge on any atom is 0.0314 e. The Labute approximate surface area is 242 Å². The summed E-state index contributed by atoms with van der Waals surface area (Å²) in [7, 11) is 0. The third-order valence-corrected chi connectivity index (χ3v) is 8.37. The van der Waals surface area contributed by atoms with Crippen LogP contribution in [0.1, 0.15) is 44.9 Å². The van der Waals surface area contributed by atoms with E-state index in [1.54, 1.807) is 0 Å². The molecule has 0 saturated heterocycles. The van der Waals surface area contributed by atoms with Gasteiger partial charge in [-0.2, -0.15) is 0 Å². The van der Waals surface area contributed by atoms with E-state index in [1.807, 2.05) is 6.20 Å². The molecule has 2 heteroatoms. The number of rotatable bonds is 3. The molecule has 1 heterocycles. The molecule has 0 aliphatic heterocycles. The molecule has 0 saturated carbocycles. The second-order valence-corrected chi connectivity index (χ2v) is 10.2. The van der Waals surface area contributed by atoms with Crippen molar-refractivity contribution in [2.45, 2.75) is 11.3 Å². The fourth-order valence-electron chi connectivity index (χ4n) is 6.91. The van der Waals surface area contributed by atoms with Crippen LogP contribution in [0.2, 0.25) is 0 Å². The van der Waals surface area contributed by atoms with Crippen molar-refractivity contribution in [1.82, 2.24) is 4.98 Å².